The molecule has 1 aliphatic carbocycles. The number of piperazine rings is 1. The number of carbonyl (C=O) groups is 1. The fourth-order valence-corrected chi connectivity index (χ4v) is 6.26. The highest BCUT2D eigenvalue weighted by atomic mass is 32.2. The predicted molar refractivity (Wildman–Crippen MR) is 133 cm³/mol. The van der Waals surface area contributed by atoms with Gasteiger partial charge in [-0.3, -0.25) is 9.69 Å². The van der Waals surface area contributed by atoms with Crippen molar-refractivity contribution in [3.8, 4) is 0 Å². The summed E-state index contributed by atoms with van der Waals surface area (Å²) in [6.45, 7) is 4.97. The van der Waals surface area contributed by atoms with Crippen molar-refractivity contribution < 1.29 is 13.2 Å². The number of fused-ring (bicyclic) bond motifs is 1. The van der Waals surface area contributed by atoms with Crippen LogP contribution in [0.1, 0.15) is 34.5 Å². The zero-order valence-electron chi connectivity index (χ0n) is 19.4. The van der Waals surface area contributed by atoms with Gasteiger partial charge in [0.1, 0.15) is 0 Å². The van der Waals surface area contributed by atoms with Crippen LogP contribution < -0.4 is 15.5 Å². The van der Waals surface area contributed by atoms with Gasteiger partial charge in [0.25, 0.3) is 15.9 Å². The second-order valence-corrected chi connectivity index (χ2v) is 11.1. The lowest BCUT2D eigenvalue weighted by atomic mass is 10.1. The SMILES string of the molecule is O=C(Nc1nn(S(=O)(=O)c2ccccc2)c2c1CNC2)c1ccc(N2CCN(C3CC3)CC2)cc1. The predicted octanol–water partition coefficient (Wildman–Crippen LogP) is 2.26. The Balaban J connectivity index is 1.18. The van der Waals surface area contributed by atoms with E-state index in [2.05, 4.69) is 25.5 Å². The van der Waals surface area contributed by atoms with Crippen LogP contribution in [0.4, 0.5) is 11.5 Å². The first kappa shape index (κ1) is 22.3. The minimum absolute atomic E-state index is 0.156. The quantitative estimate of drug-likeness (QED) is 0.545. The lowest BCUT2D eigenvalue weighted by Gasteiger charge is -2.36. The van der Waals surface area contributed by atoms with Crippen LogP contribution in [0, 0.1) is 0 Å². The number of rotatable bonds is 6. The zero-order chi connectivity index (χ0) is 24.0. The molecule has 2 aliphatic heterocycles. The fourth-order valence-electron chi connectivity index (χ4n) is 4.91. The smallest absolute Gasteiger partial charge is 0.283 e. The van der Waals surface area contributed by atoms with E-state index in [0.717, 1.165) is 42.0 Å². The zero-order valence-corrected chi connectivity index (χ0v) is 20.2. The van der Waals surface area contributed by atoms with Gasteiger partial charge in [-0.2, -0.15) is 12.5 Å². The number of carbonyl (C=O) groups excluding carboxylic acids is 1. The third kappa shape index (κ3) is 4.22. The molecule has 0 bridgehead atoms. The molecule has 182 valence electrons. The highest BCUT2D eigenvalue weighted by molar-refractivity contribution is 7.89. The van der Waals surface area contributed by atoms with E-state index in [0.29, 0.717) is 29.9 Å². The van der Waals surface area contributed by atoms with E-state index in [-0.39, 0.29) is 16.6 Å². The Morgan fingerprint density at radius 2 is 1.66 bits per heavy atom. The van der Waals surface area contributed by atoms with Gasteiger partial charge in [0.15, 0.2) is 5.82 Å². The molecule has 10 heteroatoms. The van der Waals surface area contributed by atoms with Crippen molar-refractivity contribution in [3.63, 3.8) is 0 Å². The standard InChI is InChI=1S/C25H28N6O3S/c32-25(18-6-8-19(9-7-18)29-12-14-30(15-13-29)20-10-11-20)27-24-22-16-26-17-23(22)31(28-24)35(33,34)21-4-2-1-3-5-21/h1-9,20,26H,10-17H2,(H,27,28,32). The Hall–Kier alpha value is -3.21. The van der Waals surface area contributed by atoms with E-state index in [9.17, 15) is 13.2 Å². The van der Waals surface area contributed by atoms with Crippen molar-refractivity contribution in [2.24, 2.45) is 0 Å². The van der Waals surface area contributed by atoms with Gasteiger partial charge in [-0.05, 0) is 49.2 Å². The first-order valence-electron chi connectivity index (χ1n) is 12.0. The molecule has 9 nitrogen and oxygen atoms in total. The van der Waals surface area contributed by atoms with Gasteiger partial charge >= 0.3 is 0 Å². The van der Waals surface area contributed by atoms with E-state index in [1.54, 1.807) is 18.2 Å². The highest BCUT2D eigenvalue weighted by Crippen LogP contribution is 2.29. The summed E-state index contributed by atoms with van der Waals surface area (Å²) in [7, 11) is -3.86. The van der Waals surface area contributed by atoms with Crippen molar-refractivity contribution in [2.45, 2.75) is 36.9 Å². The van der Waals surface area contributed by atoms with Crippen molar-refractivity contribution in [1.29, 1.82) is 0 Å². The third-order valence-corrected chi connectivity index (χ3v) is 8.65. The van der Waals surface area contributed by atoms with Crippen LogP contribution in [-0.4, -0.2) is 60.6 Å². The summed E-state index contributed by atoms with van der Waals surface area (Å²) in [5.74, 6) is -0.0404. The summed E-state index contributed by atoms with van der Waals surface area (Å²) in [5, 5.41) is 10.3. The van der Waals surface area contributed by atoms with Crippen molar-refractivity contribution >= 4 is 27.4 Å². The number of hydrogen-bond donors (Lipinski definition) is 2. The summed E-state index contributed by atoms with van der Waals surface area (Å²) < 4.78 is 27.4. The molecule has 1 saturated carbocycles. The molecule has 2 fully saturated rings. The molecule has 1 amide bonds. The number of anilines is 2. The average Bonchev–Trinajstić information content (AvgIpc) is 3.53. The molecule has 2 N–H and O–H groups in total. The van der Waals surface area contributed by atoms with Gasteiger partial charge < -0.3 is 15.5 Å². The van der Waals surface area contributed by atoms with Gasteiger partial charge in [-0.25, -0.2) is 0 Å². The van der Waals surface area contributed by atoms with Gasteiger partial charge in [0.05, 0.1) is 10.6 Å². The number of nitrogens with one attached hydrogen (secondary N) is 2. The molecule has 2 aromatic carbocycles. The van der Waals surface area contributed by atoms with Gasteiger partial charge in [-0.15, -0.1) is 5.10 Å². The Bertz CT molecular complexity index is 1340. The van der Waals surface area contributed by atoms with E-state index in [1.807, 2.05) is 24.3 Å². The van der Waals surface area contributed by atoms with E-state index >= 15 is 0 Å². The monoisotopic (exact) mass is 492 g/mol. The second kappa shape index (κ2) is 8.78. The van der Waals surface area contributed by atoms with Crippen LogP contribution in [-0.2, 0) is 23.1 Å². The first-order chi connectivity index (χ1) is 17.0. The molecule has 1 aromatic heterocycles. The maximum atomic E-state index is 13.2. The molecule has 0 unspecified atom stereocenters. The number of aromatic nitrogens is 2. The summed E-state index contributed by atoms with van der Waals surface area (Å²) in [6, 6.07) is 16.6. The Labute approximate surface area is 204 Å². The molecule has 3 aliphatic rings. The van der Waals surface area contributed by atoms with Crippen LogP contribution in [0.5, 0.6) is 0 Å². The molecular weight excluding hydrogens is 464 g/mol. The third-order valence-electron chi connectivity index (χ3n) is 7.02. The molecule has 6 rings (SSSR count). The minimum Gasteiger partial charge on any atom is -0.369 e. The van der Waals surface area contributed by atoms with Gasteiger partial charge in [0.2, 0.25) is 0 Å². The Morgan fingerprint density at radius 3 is 2.34 bits per heavy atom. The normalized spacial score (nSPS) is 18.5. The van der Waals surface area contributed by atoms with Crippen LogP contribution in [0.25, 0.3) is 0 Å². The number of nitrogens with zero attached hydrogens (tertiary/aromatic N) is 4. The highest BCUT2D eigenvalue weighted by Gasteiger charge is 2.32. The number of hydrogen-bond acceptors (Lipinski definition) is 7. The number of benzene rings is 2. The van der Waals surface area contributed by atoms with Crippen molar-refractivity contribution in [1.82, 2.24) is 19.4 Å². The molecule has 1 saturated heterocycles. The van der Waals surface area contributed by atoms with Gasteiger partial charge in [-0.1, -0.05) is 18.2 Å². The van der Waals surface area contributed by atoms with E-state index in [4.69, 9.17) is 0 Å². The molecule has 0 spiro atoms. The van der Waals surface area contributed by atoms with Crippen LogP contribution in [0.15, 0.2) is 59.5 Å². The lowest BCUT2D eigenvalue weighted by molar-refractivity contribution is 0.102. The molecule has 35 heavy (non-hydrogen) atoms. The molecular formula is C25H28N6O3S. The molecule has 0 atom stereocenters. The summed E-state index contributed by atoms with van der Waals surface area (Å²) in [4.78, 5) is 18.1. The maximum Gasteiger partial charge on any atom is 0.283 e. The van der Waals surface area contributed by atoms with Crippen molar-refractivity contribution in [3.05, 3.63) is 71.4 Å². The van der Waals surface area contributed by atoms with Crippen LogP contribution in [0.3, 0.4) is 0 Å². The molecule has 3 aromatic rings. The summed E-state index contributed by atoms with van der Waals surface area (Å²) in [5.41, 5.74) is 2.86. The largest absolute Gasteiger partial charge is 0.369 e. The van der Waals surface area contributed by atoms with E-state index < -0.39 is 10.0 Å². The van der Waals surface area contributed by atoms with Crippen LogP contribution in [0.2, 0.25) is 0 Å². The van der Waals surface area contributed by atoms with Gasteiger partial charge in [0, 0.05) is 62.1 Å². The molecule has 3 heterocycles. The fraction of sp³-hybridized carbons (Fsp3) is 0.360. The van der Waals surface area contributed by atoms with Crippen molar-refractivity contribution in [2.75, 3.05) is 36.4 Å². The maximum absolute atomic E-state index is 13.2. The molecule has 0 radical (unpaired) electrons. The summed E-state index contributed by atoms with van der Waals surface area (Å²) >= 11 is 0. The Morgan fingerprint density at radius 1 is 0.943 bits per heavy atom. The van der Waals surface area contributed by atoms with Crippen LogP contribution >= 0.6 is 0 Å². The number of amides is 1. The lowest BCUT2D eigenvalue weighted by Crippen LogP contribution is -2.47. The minimum atomic E-state index is -3.86. The second-order valence-electron chi connectivity index (χ2n) is 9.29. The topological polar surface area (TPSA) is 99.6 Å². The summed E-state index contributed by atoms with van der Waals surface area (Å²) in [6.07, 6.45) is 2.67. The Kier molecular flexibility index (Phi) is 5.58. The first-order valence-corrected chi connectivity index (χ1v) is 13.5. The average molecular weight is 493 g/mol. The van der Waals surface area contributed by atoms with E-state index in [1.165, 1.54) is 25.0 Å².